The number of ketones is 1. The highest BCUT2D eigenvalue weighted by Crippen LogP contribution is 2.19. The summed E-state index contributed by atoms with van der Waals surface area (Å²) in [5.41, 5.74) is 0.630. The SMILES string of the molecule is CCC(CC)C(CNC(=O)COc1ccc(C(C)=O)cc1)N1CCOCC1. The topological polar surface area (TPSA) is 67.9 Å². The number of hydrogen-bond acceptors (Lipinski definition) is 5. The van der Waals surface area contributed by atoms with E-state index in [2.05, 4.69) is 24.1 Å². The lowest BCUT2D eigenvalue weighted by molar-refractivity contribution is -0.123. The zero-order valence-electron chi connectivity index (χ0n) is 16.7. The third kappa shape index (κ3) is 6.63. The summed E-state index contributed by atoms with van der Waals surface area (Å²) >= 11 is 0. The first kappa shape index (κ1) is 21.4. The normalized spacial score (nSPS) is 16.1. The van der Waals surface area contributed by atoms with E-state index < -0.39 is 0 Å². The lowest BCUT2D eigenvalue weighted by Gasteiger charge is -2.38. The number of nitrogens with one attached hydrogen (secondary N) is 1. The first-order valence-corrected chi connectivity index (χ1v) is 9.87. The lowest BCUT2D eigenvalue weighted by Crippen LogP contribution is -2.52. The van der Waals surface area contributed by atoms with E-state index in [1.165, 1.54) is 6.92 Å². The lowest BCUT2D eigenvalue weighted by atomic mass is 9.92. The second-order valence-corrected chi connectivity index (χ2v) is 6.97. The number of carbonyl (C=O) groups excluding carboxylic acids is 2. The van der Waals surface area contributed by atoms with Gasteiger partial charge in [0.15, 0.2) is 12.4 Å². The Hall–Kier alpha value is -1.92. The minimum Gasteiger partial charge on any atom is -0.484 e. The Morgan fingerprint density at radius 2 is 1.78 bits per heavy atom. The van der Waals surface area contributed by atoms with Gasteiger partial charge in [0, 0.05) is 31.2 Å². The van der Waals surface area contributed by atoms with Crippen LogP contribution in [0.5, 0.6) is 5.75 Å². The largest absolute Gasteiger partial charge is 0.484 e. The third-order valence-electron chi connectivity index (χ3n) is 5.25. The predicted octanol–water partition coefficient (Wildman–Crippen LogP) is 2.52. The Morgan fingerprint density at radius 1 is 1.15 bits per heavy atom. The van der Waals surface area contributed by atoms with Crippen LogP contribution in [0.1, 0.15) is 44.0 Å². The van der Waals surface area contributed by atoms with E-state index in [4.69, 9.17) is 9.47 Å². The summed E-state index contributed by atoms with van der Waals surface area (Å²) in [6, 6.07) is 7.16. The van der Waals surface area contributed by atoms with E-state index in [-0.39, 0.29) is 18.3 Å². The van der Waals surface area contributed by atoms with Gasteiger partial charge in [-0.05, 0) is 37.1 Å². The van der Waals surface area contributed by atoms with Crippen molar-refractivity contribution in [1.82, 2.24) is 10.2 Å². The van der Waals surface area contributed by atoms with Gasteiger partial charge >= 0.3 is 0 Å². The monoisotopic (exact) mass is 376 g/mol. The molecule has 0 spiro atoms. The molecule has 6 nitrogen and oxygen atoms in total. The molecule has 1 heterocycles. The molecule has 1 amide bonds. The quantitative estimate of drug-likeness (QED) is 0.636. The van der Waals surface area contributed by atoms with Gasteiger partial charge in [-0.1, -0.05) is 26.7 Å². The number of benzene rings is 1. The summed E-state index contributed by atoms with van der Waals surface area (Å²) in [4.78, 5) is 26.0. The van der Waals surface area contributed by atoms with Gasteiger partial charge in [0.25, 0.3) is 5.91 Å². The molecule has 1 saturated heterocycles. The molecule has 150 valence electrons. The van der Waals surface area contributed by atoms with Crippen LogP contribution in [0.2, 0.25) is 0 Å². The second kappa shape index (κ2) is 11.0. The van der Waals surface area contributed by atoms with E-state index in [1.54, 1.807) is 24.3 Å². The highest BCUT2D eigenvalue weighted by atomic mass is 16.5. The van der Waals surface area contributed by atoms with Crippen LogP contribution in [-0.4, -0.2) is 62.1 Å². The molecule has 1 aliphatic rings. The zero-order chi connectivity index (χ0) is 19.6. The van der Waals surface area contributed by atoms with Crippen molar-refractivity contribution < 1.29 is 19.1 Å². The smallest absolute Gasteiger partial charge is 0.257 e. The number of amides is 1. The average molecular weight is 376 g/mol. The number of nitrogens with zero attached hydrogens (tertiary/aromatic N) is 1. The molecule has 1 aliphatic heterocycles. The maximum absolute atomic E-state index is 12.2. The molecule has 1 atom stereocenters. The van der Waals surface area contributed by atoms with Crippen LogP contribution < -0.4 is 10.1 Å². The molecular weight excluding hydrogens is 344 g/mol. The first-order valence-electron chi connectivity index (χ1n) is 9.87. The molecule has 0 bridgehead atoms. The molecule has 1 fully saturated rings. The molecule has 1 unspecified atom stereocenters. The van der Waals surface area contributed by atoms with Crippen molar-refractivity contribution in [1.29, 1.82) is 0 Å². The van der Waals surface area contributed by atoms with Crippen molar-refractivity contribution in [2.24, 2.45) is 5.92 Å². The van der Waals surface area contributed by atoms with Gasteiger partial charge in [-0.3, -0.25) is 14.5 Å². The summed E-state index contributed by atoms with van der Waals surface area (Å²) in [5, 5.41) is 3.03. The molecule has 27 heavy (non-hydrogen) atoms. The second-order valence-electron chi connectivity index (χ2n) is 6.97. The highest BCUT2D eigenvalue weighted by Gasteiger charge is 2.27. The maximum Gasteiger partial charge on any atom is 0.257 e. The van der Waals surface area contributed by atoms with Crippen molar-refractivity contribution >= 4 is 11.7 Å². The molecule has 1 aromatic rings. The van der Waals surface area contributed by atoms with Crippen LogP contribution in [0.15, 0.2) is 24.3 Å². The Balaban J connectivity index is 1.84. The van der Waals surface area contributed by atoms with Crippen LogP contribution >= 0.6 is 0 Å². The van der Waals surface area contributed by atoms with Gasteiger partial charge in [0.2, 0.25) is 0 Å². The fourth-order valence-corrected chi connectivity index (χ4v) is 3.54. The van der Waals surface area contributed by atoms with E-state index in [1.807, 2.05) is 0 Å². The summed E-state index contributed by atoms with van der Waals surface area (Å²) < 4.78 is 11.0. The summed E-state index contributed by atoms with van der Waals surface area (Å²) in [5.74, 6) is 1.01. The Morgan fingerprint density at radius 3 is 2.33 bits per heavy atom. The molecule has 0 saturated carbocycles. The highest BCUT2D eigenvalue weighted by molar-refractivity contribution is 5.94. The maximum atomic E-state index is 12.2. The van der Waals surface area contributed by atoms with Crippen molar-refractivity contribution in [2.45, 2.75) is 39.7 Å². The number of Topliss-reactive ketones (excluding diaryl/α,β-unsaturated/α-hetero) is 1. The molecule has 0 aromatic heterocycles. The molecule has 1 N–H and O–H groups in total. The third-order valence-corrected chi connectivity index (χ3v) is 5.25. The van der Waals surface area contributed by atoms with E-state index in [0.717, 1.165) is 39.1 Å². The Bertz CT molecular complexity index is 593. The number of morpholine rings is 1. The van der Waals surface area contributed by atoms with Crippen LogP contribution in [0.25, 0.3) is 0 Å². The van der Waals surface area contributed by atoms with Gasteiger partial charge in [0.1, 0.15) is 5.75 Å². The van der Waals surface area contributed by atoms with Gasteiger partial charge in [-0.2, -0.15) is 0 Å². The van der Waals surface area contributed by atoms with Crippen molar-refractivity contribution in [3.05, 3.63) is 29.8 Å². The fourth-order valence-electron chi connectivity index (χ4n) is 3.54. The Kier molecular flexibility index (Phi) is 8.75. The van der Waals surface area contributed by atoms with Crippen LogP contribution in [-0.2, 0) is 9.53 Å². The van der Waals surface area contributed by atoms with E-state index >= 15 is 0 Å². The number of hydrogen-bond donors (Lipinski definition) is 1. The predicted molar refractivity (Wildman–Crippen MR) is 105 cm³/mol. The van der Waals surface area contributed by atoms with Crippen molar-refractivity contribution in [2.75, 3.05) is 39.5 Å². The van der Waals surface area contributed by atoms with Gasteiger partial charge in [-0.25, -0.2) is 0 Å². The Labute approximate surface area is 162 Å². The summed E-state index contributed by atoms with van der Waals surface area (Å²) in [6.45, 7) is 9.86. The number of carbonyl (C=O) groups is 2. The molecule has 2 rings (SSSR count). The van der Waals surface area contributed by atoms with Crippen molar-refractivity contribution in [3.63, 3.8) is 0 Å². The van der Waals surface area contributed by atoms with Gasteiger partial charge < -0.3 is 14.8 Å². The molecular formula is C21H32N2O4. The minimum atomic E-state index is -0.130. The standard InChI is InChI=1S/C21H32N2O4/c1-4-17(5-2)20(23-10-12-26-13-11-23)14-22-21(25)15-27-19-8-6-18(7-9-19)16(3)24/h6-9,17,20H,4-5,10-15H2,1-3H3,(H,22,25). The fraction of sp³-hybridized carbons (Fsp3) is 0.619. The molecule has 6 heteroatoms. The number of ether oxygens (including phenoxy) is 2. The number of rotatable bonds is 10. The summed E-state index contributed by atoms with van der Waals surface area (Å²) in [7, 11) is 0. The molecule has 0 aliphatic carbocycles. The summed E-state index contributed by atoms with van der Waals surface area (Å²) in [6.07, 6.45) is 2.18. The van der Waals surface area contributed by atoms with Gasteiger partial charge in [0.05, 0.1) is 13.2 Å². The van der Waals surface area contributed by atoms with Crippen LogP contribution in [0, 0.1) is 5.92 Å². The molecule has 0 radical (unpaired) electrons. The average Bonchev–Trinajstić information content (AvgIpc) is 2.70. The zero-order valence-corrected chi connectivity index (χ0v) is 16.7. The first-order chi connectivity index (χ1) is 13.0. The van der Waals surface area contributed by atoms with Crippen LogP contribution in [0.3, 0.4) is 0 Å². The van der Waals surface area contributed by atoms with Gasteiger partial charge in [-0.15, -0.1) is 0 Å². The van der Waals surface area contributed by atoms with Crippen molar-refractivity contribution in [3.8, 4) is 5.75 Å². The van der Waals surface area contributed by atoms with E-state index in [9.17, 15) is 9.59 Å². The van der Waals surface area contributed by atoms with Crippen LogP contribution in [0.4, 0.5) is 0 Å². The minimum absolute atomic E-state index is 0.00912. The van der Waals surface area contributed by atoms with E-state index in [0.29, 0.717) is 29.8 Å². The molecule has 1 aromatic carbocycles.